The summed E-state index contributed by atoms with van der Waals surface area (Å²) < 4.78 is 16.3. The fraction of sp³-hybridized carbons (Fsp3) is 0.588. The van der Waals surface area contributed by atoms with Gasteiger partial charge in [-0.05, 0) is 58.6 Å². The molecule has 0 aliphatic rings. The van der Waals surface area contributed by atoms with Gasteiger partial charge in [0.1, 0.15) is 11.3 Å². The molecule has 0 heterocycles. The number of benzene rings is 1. The van der Waals surface area contributed by atoms with Crippen LogP contribution in [0.2, 0.25) is 0 Å². The number of esters is 1. The number of carbonyl (C=O) groups excluding carboxylic acids is 1. The first-order valence-corrected chi connectivity index (χ1v) is 7.74. The predicted molar refractivity (Wildman–Crippen MR) is 91.9 cm³/mol. The lowest BCUT2D eigenvalue weighted by molar-refractivity contribution is -0.0893. The second-order valence-corrected chi connectivity index (χ2v) is 6.57. The zero-order chi connectivity index (χ0) is 17.8. The molecule has 0 amide bonds. The second-order valence-electron chi connectivity index (χ2n) is 6.57. The van der Waals surface area contributed by atoms with E-state index < -0.39 is 17.2 Å². The summed E-state index contributed by atoms with van der Waals surface area (Å²) in [7, 11) is 1.82. The molecule has 23 heavy (non-hydrogen) atoms. The van der Waals surface area contributed by atoms with Crippen molar-refractivity contribution in [1.82, 2.24) is 0 Å². The number of carbonyl (C=O) groups is 1. The number of aliphatic hydroxyl groups is 1. The molecule has 0 radical (unpaired) electrons. The normalized spacial score (nSPS) is 12.0. The highest BCUT2D eigenvalue weighted by atomic mass is 16.5. The molecular weight excluding hydrogens is 295 g/mol. The van der Waals surface area contributed by atoms with Gasteiger partial charge in [0.2, 0.25) is 0 Å². The Bertz CT molecular complexity index is 561. The van der Waals surface area contributed by atoms with Gasteiger partial charge in [0.25, 0.3) is 0 Å². The molecule has 1 aromatic carbocycles. The first kappa shape index (κ1) is 19.5. The minimum absolute atomic E-state index is 0.303. The van der Waals surface area contributed by atoms with Crippen molar-refractivity contribution in [3.05, 3.63) is 23.3 Å². The minimum Gasteiger partial charge on any atom is -0.496 e. The molecule has 0 aliphatic heterocycles. The Morgan fingerprint density at radius 2 is 1.87 bits per heavy atom. The monoisotopic (exact) mass is 322 g/mol. The van der Waals surface area contributed by atoms with Gasteiger partial charge in [0.05, 0.1) is 24.9 Å². The van der Waals surface area contributed by atoms with E-state index in [2.05, 4.69) is 0 Å². The molecule has 1 rings (SSSR count). The van der Waals surface area contributed by atoms with Gasteiger partial charge in [-0.15, -0.1) is 0 Å². The molecule has 1 N–H and O–H groups in total. The van der Waals surface area contributed by atoms with Crippen molar-refractivity contribution in [2.24, 2.45) is 0 Å². The lowest BCUT2D eigenvalue weighted by Crippen LogP contribution is -2.49. The predicted octanol–water partition coefficient (Wildman–Crippen LogP) is 1.72. The van der Waals surface area contributed by atoms with E-state index in [0.29, 0.717) is 25.4 Å². The molecule has 0 bridgehead atoms. The van der Waals surface area contributed by atoms with E-state index in [1.54, 1.807) is 26.8 Å². The lowest BCUT2D eigenvalue weighted by atomic mass is 9.81. The lowest BCUT2D eigenvalue weighted by Gasteiger charge is -2.37. The Labute approximate surface area is 139 Å². The van der Waals surface area contributed by atoms with Crippen molar-refractivity contribution in [2.75, 3.05) is 13.7 Å². The number of methoxy groups -OCH3 is 1. The van der Waals surface area contributed by atoms with Crippen LogP contribution in [0.1, 0.15) is 50.5 Å². The Morgan fingerprint density at radius 3 is 2.35 bits per heavy atom. The quantitative estimate of drug-likeness (QED) is 0.612. The van der Waals surface area contributed by atoms with Crippen molar-refractivity contribution in [2.45, 2.75) is 52.7 Å². The molecule has 0 atom stereocenters. The molecule has 6 heteroatoms. The van der Waals surface area contributed by atoms with Gasteiger partial charge in [-0.1, -0.05) is 6.07 Å². The van der Waals surface area contributed by atoms with E-state index in [-0.39, 0.29) is 0 Å². The van der Waals surface area contributed by atoms with Gasteiger partial charge in [0, 0.05) is 0 Å². The van der Waals surface area contributed by atoms with Gasteiger partial charge >= 0.3 is 13.5 Å². The van der Waals surface area contributed by atoms with Gasteiger partial charge in [-0.2, -0.15) is 0 Å². The van der Waals surface area contributed by atoms with Crippen LogP contribution in [-0.2, 0) is 9.39 Å². The molecule has 5 nitrogen and oxygen atoms in total. The summed E-state index contributed by atoms with van der Waals surface area (Å²) in [5.74, 6) is 0.0641. The third-order valence-electron chi connectivity index (χ3n) is 4.13. The average Bonchev–Trinajstić information content (AvgIpc) is 2.43. The van der Waals surface area contributed by atoms with E-state index in [0.717, 1.165) is 11.0 Å². The minimum atomic E-state index is -0.975. The molecule has 128 valence electrons. The van der Waals surface area contributed by atoms with Crippen LogP contribution >= 0.6 is 0 Å². The zero-order valence-electron chi connectivity index (χ0n) is 15.1. The molecule has 0 aromatic heterocycles. The van der Waals surface area contributed by atoms with Crippen molar-refractivity contribution in [3.63, 3.8) is 0 Å². The first-order valence-electron chi connectivity index (χ1n) is 7.74. The SMILES string of the molecule is CCOC(=O)c1c(C)cc(BOC(C)(C)C(C)(C)O)cc1OC. The van der Waals surface area contributed by atoms with Crippen molar-refractivity contribution < 1.29 is 24.0 Å². The topological polar surface area (TPSA) is 65.0 Å². The Balaban J connectivity index is 3.04. The number of aryl methyl sites for hydroxylation is 1. The number of ether oxygens (including phenoxy) is 2. The van der Waals surface area contributed by atoms with Crippen LogP contribution in [0.25, 0.3) is 0 Å². The van der Waals surface area contributed by atoms with Crippen LogP contribution in [0.15, 0.2) is 12.1 Å². The zero-order valence-corrected chi connectivity index (χ0v) is 15.1. The van der Waals surface area contributed by atoms with E-state index in [1.807, 2.05) is 26.8 Å². The summed E-state index contributed by atoms with van der Waals surface area (Å²) in [6, 6.07) is 3.63. The maximum atomic E-state index is 12.0. The summed E-state index contributed by atoms with van der Waals surface area (Å²) in [5, 5.41) is 10.1. The molecule has 0 saturated heterocycles. The van der Waals surface area contributed by atoms with Crippen LogP contribution in [0, 0.1) is 6.92 Å². The highest BCUT2D eigenvalue weighted by Gasteiger charge is 2.35. The molecular formula is C17H27BO5. The number of rotatable bonds is 7. The van der Waals surface area contributed by atoms with Gasteiger partial charge < -0.3 is 19.2 Å². The van der Waals surface area contributed by atoms with Crippen LogP contribution < -0.4 is 10.2 Å². The van der Waals surface area contributed by atoms with Crippen molar-refractivity contribution in [3.8, 4) is 5.75 Å². The second kappa shape index (κ2) is 7.36. The highest BCUT2D eigenvalue weighted by molar-refractivity contribution is 6.47. The van der Waals surface area contributed by atoms with E-state index in [1.165, 1.54) is 7.11 Å². The fourth-order valence-corrected chi connectivity index (χ4v) is 1.98. The van der Waals surface area contributed by atoms with E-state index >= 15 is 0 Å². The molecule has 1 aromatic rings. The van der Waals surface area contributed by atoms with Crippen molar-refractivity contribution >= 4 is 18.9 Å². The Kier molecular flexibility index (Phi) is 6.25. The summed E-state index contributed by atoms with van der Waals surface area (Å²) in [4.78, 5) is 12.0. The average molecular weight is 322 g/mol. The summed E-state index contributed by atoms with van der Waals surface area (Å²) in [6.45, 7) is 11.0. The summed E-state index contributed by atoms with van der Waals surface area (Å²) in [5.41, 5.74) is 0.373. The molecule has 0 spiro atoms. The number of hydrogen-bond acceptors (Lipinski definition) is 5. The smallest absolute Gasteiger partial charge is 0.342 e. The molecule has 0 aliphatic carbocycles. The van der Waals surface area contributed by atoms with Crippen LogP contribution in [-0.4, -0.2) is 43.5 Å². The largest absolute Gasteiger partial charge is 0.496 e. The fourth-order valence-electron chi connectivity index (χ4n) is 1.98. The third kappa shape index (κ3) is 4.72. The van der Waals surface area contributed by atoms with Gasteiger partial charge in [-0.25, -0.2) is 4.79 Å². The molecule has 0 unspecified atom stereocenters. The van der Waals surface area contributed by atoms with Crippen LogP contribution in [0.5, 0.6) is 5.75 Å². The van der Waals surface area contributed by atoms with Crippen LogP contribution in [0.3, 0.4) is 0 Å². The van der Waals surface area contributed by atoms with E-state index in [9.17, 15) is 9.90 Å². The van der Waals surface area contributed by atoms with Gasteiger partial charge in [0.15, 0.2) is 0 Å². The van der Waals surface area contributed by atoms with Crippen molar-refractivity contribution in [1.29, 1.82) is 0 Å². The maximum absolute atomic E-state index is 12.0. The highest BCUT2D eigenvalue weighted by Crippen LogP contribution is 2.25. The summed E-state index contributed by atoms with van der Waals surface area (Å²) >= 11 is 0. The molecule has 0 fully saturated rings. The molecule has 0 saturated carbocycles. The maximum Gasteiger partial charge on any atom is 0.342 e. The number of hydrogen-bond donors (Lipinski definition) is 1. The third-order valence-corrected chi connectivity index (χ3v) is 4.13. The Morgan fingerprint density at radius 1 is 1.26 bits per heavy atom. The standard InChI is InChI=1S/C17H27BO5/c1-8-22-15(19)14-11(2)9-12(10-13(14)21-7)18-23-17(5,6)16(3,4)20/h9-10,18,20H,8H2,1-7H3. The summed E-state index contributed by atoms with van der Waals surface area (Å²) in [6.07, 6.45) is 0. The Hall–Kier alpha value is -1.53. The first-order chi connectivity index (χ1) is 10.5. The van der Waals surface area contributed by atoms with E-state index in [4.69, 9.17) is 14.1 Å². The van der Waals surface area contributed by atoms with Gasteiger partial charge in [-0.3, -0.25) is 0 Å². The van der Waals surface area contributed by atoms with Crippen LogP contribution in [0.4, 0.5) is 0 Å².